The summed E-state index contributed by atoms with van der Waals surface area (Å²) < 4.78 is 0. The van der Waals surface area contributed by atoms with Crippen LogP contribution in [0.3, 0.4) is 0 Å². The van der Waals surface area contributed by atoms with Gasteiger partial charge in [0.1, 0.15) is 0 Å². The van der Waals surface area contributed by atoms with Gasteiger partial charge in [0.25, 0.3) is 5.91 Å². The van der Waals surface area contributed by atoms with Gasteiger partial charge in [-0.15, -0.1) is 0 Å². The van der Waals surface area contributed by atoms with Gasteiger partial charge in [0.05, 0.1) is 6.21 Å². The normalized spacial score (nSPS) is 13.7. The Morgan fingerprint density at radius 3 is 3.10 bits per heavy atom. The van der Waals surface area contributed by atoms with Gasteiger partial charge in [0.2, 0.25) is 0 Å². The average molecular weight is 268 g/mol. The van der Waals surface area contributed by atoms with E-state index in [1.165, 1.54) is 0 Å². The number of amides is 1. The number of aromatic nitrogens is 2. The highest BCUT2D eigenvalue weighted by Gasteiger charge is 2.22. The molecule has 0 fully saturated rings. The van der Waals surface area contributed by atoms with Crippen LogP contribution < -0.4 is 5.43 Å². The molecule has 5 heteroatoms. The quantitative estimate of drug-likeness (QED) is 0.660. The maximum Gasteiger partial charge on any atom is 0.292 e. The third-order valence-corrected chi connectivity index (χ3v) is 3.58. The van der Waals surface area contributed by atoms with Crippen LogP contribution in [0.1, 0.15) is 39.3 Å². The fraction of sp³-hybridized carbons (Fsp3) is 0.267. The number of aryl methyl sites for hydroxylation is 2. The van der Waals surface area contributed by atoms with Crippen molar-refractivity contribution in [2.45, 2.75) is 26.2 Å². The average Bonchev–Trinajstić information content (AvgIpc) is 3.03. The molecule has 2 N–H and O–H groups in total. The minimum atomic E-state index is -0.255. The highest BCUT2D eigenvalue weighted by molar-refractivity contribution is 5.94. The number of hydrogen-bond acceptors (Lipinski definition) is 3. The molecule has 0 saturated heterocycles. The Morgan fingerprint density at radius 2 is 2.25 bits per heavy atom. The molecule has 0 saturated carbocycles. The molecule has 5 nitrogen and oxygen atoms in total. The molecule has 0 radical (unpaired) electrons. The SMILES string of the molecule is Cc1ccccc1C=NNC(=O)c1n[nH]c2c1CCC2. The monoisotopic (exact) mass is 268 g/mol. The van der Waals surface area contributed by atoms with E-state index in [0.717, 1.165) is 41.6 Å². The van der Waals surface area contributed by atoms with Crippen molar-refractivity contribution in [2.24, 2.45) is 5.10 Å². The molecule has 0 bridgehead atoms. The van der Waals surface area contributed by atoms with E-state index in [9.17, 15) is 4.79 Å². The van der Waals surface area contributed by atoms with E-state index >= 15 is 0 Å². The smallest absolute Gasteiger partial charge is 0.281 e. The molecule has 1 aliphatic rings. The molecule has 102 valence electrons. The Morgan fingerprint density at radius 1 is 1.40 bits per heavy atom. The minimum Gasteiger partial charge on any atom is -0.281 e. The molecular formula is C15H16N4O. The van der Waals surface area contributed by atoms with E-state index in [1.54, 1.807) is 6.21 Å². The first-order valence-electron chi connectivity index (χ1n) is 6.71. The molecule has 20 heavy (non-hydrogen) atoms. The van der Waals surface area contributed by atoms with Crippen molar-refractivity contribution in [2.75, 3.05) is 0 Å². The lowest BCUT2D eigenvalue weighted by molar-refractivity contribution is 0.0949. The molecule has 2 aromatic rings. The van der Waals surface area contributed by atoms with Crippen molar-refractivity contribution in [3.63, 3.8) is 0 Å². The number of H-pyrrole nitrogens is 1. The van der Waals surface area contributed by atoms with Gasteiger partial charge in [-0.2, -0.15) is 10.2 Å². The topological polar surface area (TPSA) is 70.1 Å². The molecule has 0 spiro atoms. The van der Waals surface area contributed by atoms with Crippen LogP contribution in [0.15, 0.2) is 29.4 Å². The second-order valence-electron chi connectivity index (χ2n) is 4.94. The Hall–Kier alpha value is -2.43. The van der Waals surface area contributed by atoms with Gasteiger partial charge in [0, 0.05) is 11.3 Å². The van der Waals surface area contributed by atoms with E-state index in [2.05, 4.69) is 20.7 Å². The summed E-state index contributed by atoms with van der Waals surface area (Å²) in [5, 5.41) is 11.0. The van der Waals surface area contributed by atoms with Gasteiger partial charge in [0.15, 0.2) is 5.69 Å². The third-order valence-electron chi connectivity index (χ3n) is 3.58. The fourth-order valence-corrected chi connectivity index (χ4v) is 2.45. The number of hydrazone groups is 1. The summed E-state index contributed by atoms with van der Waals surface area (Å²) in [6.07, 6.45) is 4.62. The maximum atomic E-state index is 12.0. The van der Waals surface area contributed by atoms with E-state index < -0.39 is 0 Å². The van der Waals surface area contributed by atoms with Crippen molar-refractivity contribution in [1.82, 2.24) is 15.6 Å². The van der Waals surface area contributed by atoms with Crippen molar-refractivity contribution >= 4 is 12.1 Å². The standard InChI is InChI=1S/C15H16N4O/c1-10-5-2-3-6-11(10)9-16-19-15(20)14-12-7-4-8-13(12)17-18-14/h2-3,5-6,9H,4,7-8H2,1H3,(H,17,18)(H,19,20). The van der Waals surface area contributed by atoms with Gasteiger partial charge < -0.3 is 0 Å². The summed E-state index contributed by atoms with van der Waals surface area (Å²) >= 11 is 0. The zero-order chi connectivity index (χ0) is 13.9. The first-order chi connectivity index (χ1) is 9.75. The first-order valence-corrected chi connectivity index (χ1v) is 6.71. The van der Waals surface area contributed by atoms with E-state index in [0.29, 0.717) is 5.69 Å². The predicted molar refractivity (Wildman–Crippen MR) is 76.9 cm³/mol. The van der Waals surface area contributed by atoms with Crippen LogP contribution in [-0.2, 0) is 12.8 Å². The lowest BCUT2D eigenvalue weighted by Crippen LogP contribution is -2.19. The molecule has 0 atom stereocenters. The number of aromatic amines is 1. The number of hydrogen-bond donors (Lipinski definition) is 2. The number of carbonyl (C=O) groups excluding carboxylic acids is 1. The molecule has 0 aliphatic heterocycles. The van der Waals surface area contributed by atoms with Crippen LogP contribution in [0.25, 0.3) is 0 Å². The molecule has 1 amide bonds. The second-order valence-corrected chi connectivity index (χ2v) is 4.94. The Bertz CT molecular complexity index is 672. The highest BCUT2D eigenvalue weighted by Crippen LogP contribution is 2.22. The lowest BCUT2D eigenvalue weighted by Gasteiger charge is -2.00. The summed E-state index contributed by atoms with van der Waals surface area (Å²) in [5.74, 6) is -0.255. The lowest BCUT2D eigenvalue weighted by atomic mass is 10.1. The fourth-order valence-electron chi connectivity index (χ4n) is 2.45. The molecule has 1 aromatic heterocycles. The van der Waals surface area contributed by atoms with E-state index in [1.807, 2.05) is 31.2 Å². The zero-order valence-electron chi connectivity index (χ0n) is 11.3. The van der Waals surface area contributed by atoms with Gasteiger partial charge in [-0.1, -0.05) is 24.3 Å². The summed E-state index contributed by atoms with van der Waals surface area (Å²) in [6, 6.07) is 7.87. The first kappa shape index (κ1) is 12.6. The summed E-state index contributed by atoms with van der Waals surface area (Å²) in [5.41, 5.74) is 7.23. The van der Waals surface area contributed by atoms with Crippen LogP contribution >= 0.6 is 0 Å². The highest BCUT2D eigenvalue weighted by atomic mass is 16.2. The van der Waals surface area contributed by atoms with Gasteiger partial charge >= 0.3 is 0 Å². The number of fused-ring (bicyclic) bond motifs is 1. The largest absolute Gasteiger partial charge is 0.292 e. The van der Waals surface area contributed by atoms with Gasteiger partial charge in [-0.3, -0.25) is 9.89 Å². The summed E-state index contributed by atoms with van der Waals surface area (Å²) in [7, 11) is 0. The second kappa shape index (κ2) is 5.28. The molecule has 3 rings (SSSR count). The number of rotatable bonds is 3. The predicted octanol–water partition coefficient (Wildman–Crippen LogP) is 1.97. The van der Waals surface area contributed by atoms with Crippen LogP contribution in [0, 0.1) is 6.92 Å². The van der Waals surface area contributed by atoms with Crippen LogP contribution in [0.4, 0.5) is 0 Å². The van der Waals surface area contributed by atoms with Crippen LogP contribution in [0.2, 0.25) is 0 Å². The van der Waals surface area contributed by atoms with Crippen molar-refractivity contribution in [3.8, 4) is 0 Å². The van der Waals surface area contributed by atoms with E-state index in [4.69, 9.17) is 0 Å². The van der Waals surface area contributed by atoms with Crippen molar-refractivity contribution in [3.05, 3.63) is 52.3 Å². The summed E-state index contributed by atoms with van der Waals surface area (Å²) in [6.45, 7) is 2.00. The molecule has 1 aromatic carbocycles. The van der Waals surface area contributed by atoms with Crippen molar-refractivity contribution in [1.29, 1.82) is 0 Å². The molecule has 0 unspecified atom stereocenters. The minimum absolute atomic E-state index is 0.255. The third kappa shape index (κ3) is 2.34. The van der Waals surface area contributed by atoms with Crippen LogP contribution in [-0.4, -0.2) is 22.3 Å². The molecular weight excluding hydrogens is 252 g/mol. The zero-order valence-corrected chi connectivity index (χ0v) is 11.3. The maximum absolute atomic E-state index is 12.0. The number of benzene rings is 1. The molecule has 1 aliphatic carbocycles. The van der Waals surface area contributed by atoms with Gasteiger partial charge in [-0.25, -0.2) is 5.43 Å². The number of nitrogens with one attached hydrogen (secondary N) is 2. The number of nitrogens with zero attached hydrogens (tertiary/aromatic N) is 2. The Balaban J connectivity index is 1.69. The Kier molecular flexibility index (Phi) is 3.33. The van der Waals surface area contributed by atoms with Gasteiger partial charge in [-0.05, 0) is 37.3 Å². The number of carbonyl (C=O) groups is 1. The van der Waals surface area contributed by atoms with E-state index in [-0.39, 0.29) is 5.91 Å². The van der Waals surface area contributed by atoms with Crippen LogP contribution in [0.5, 0.6) is 0 Å². The molecule has 1 heterocycles. The summed E-state index contributed by atoms with van der Waals surface area (Å²) in [4.78, 5) is 12.0. The van der Waals surface area contributed by atoms with Crippen molar-refractivity contribution < 1.29 is 4.79 Å². The Labute approximate surface area is 117 Å².